The molecule has 1 saturated heterocycles. The quantitative estimate of drug-likeness (QED) is 0.811. The van der Waals surface area contributed by atoms with Gasteiger partial charge in [-0.25, -0.2) is 0 Å². The van der Waals surface area contributed by atoms with Crippen molar-refractivity contribution in [1.29, 1.82) is 0 Å². The van der Waals surface area contributed by atoms with Gasteiger partial charge in [0.15, 0.2) is 0 Å². The molecule has 1 saturated carbocycles. The van der Waals surface area contributed by atoms with Crippen LogP contribution in [0.25, 0.3) is 0 Å². The molecule has 2 rings (SSSR count). The van der Waals surface area contributed by atoms with Gasteiger partial charge in [0.05, 0.1) is 6.54 Å². The number of rotatable bonds is 4. The summed E-state index contributed by atoms with van der Waals surface area (Å²) in [6.45, 7) is 3.87. The second-order valence-electron chi connectivity index (χ2n) is 6.33. The largest absolute Gasteiger partial charge is 0.352 e. The second kappa shape index (κ2) is 7.25. The summed E-state index contributed by atoms with van der Waals surface area (Å²) in [4.78, 5) is 14.3. The summed E-state index contributed by atoms with van der Waals surface area (Å²) in [5.41, 5.74) is 0. The van der Waals surface area contributed by atoms with E-state index in [4.69, 9.17) is 0 Å². The van der Waals surface area contributed by atoms with E-state index in [2.05, 4.69) is 29.5 Å². The average molecular weight is 267 g/mol. The van der Waals surface area contributed by atoms with Crippen LogP contribution in [-0.2, 0) is 4.79 Å². The van der Waals surface area contributed by atoms with Crippen molar-refractivity contribution in [3.8, 4) is 0 Å². The number of nitrogens with one attached hydrogen (secondary N) is 2. The Morgan fingerprint density at radius 1 is 1.16 bits per heavy atom. The van der Waals surface area contributed by atoms with Gasteiger partial charge in [-0.05, 0) is 46.2 Å². The number of hydrogen-bond donors (Lipinski definition) is 2. The van der Waals surface area contributed by atoms with Gasteiger partial charge in [-0.1, -0.05) is 19.3 Å². The lowest BCUT2D eigenvalue weighted by Gasteiger charge is -2.35. The molecule has 2 aliphatic rings. The first-order valence-electron chi connectivity index (χ1n) is 7.88. The molecule has 0 spiro atoms. The van der Waals surface area contributed by atoms with Crippen molar-refractivity contribution in [1.82, 2.24) is 15.5 Å². The maximum absolute atomic E-state index is 11.9. The Hall–Kier alpha value is -0.610. The number of likely N-dealkylation sites (tertiary alicyclic amines) is 1. The number of piperidine rings is 1. The molecular weight excluding hydrogens is 238 g/mol. The molecule has 1 aliphatic carbocycles. The lowest BCUT2D eigenvalue weighted by molar-refractivity contribution is -0.121. The van der Waals surface area contributed by atoms with E-state index < -0.39 is 0 Å². The first-order valence-corrected chi connectivity index (χ1v) is 7.88. The molecule has 1 amide bonds. The zero-order valence-corrected chi connectivity index (χ0v) is 12.5. The Kier molecular flexibility index (Phi) is 5.64. The Morgan fingerprint density at radius 3 is 2.58 bits per heavy atom. The molecule has 2 atom stereocenters. The average Bonchev–Trinajstić information content (AvgIpc) is 2.41. The normalized spacial score (nSPS) is 30.2. The van der Waals surface area contributed by atoms with E-state index in [1.807, 2.05) is 0 Å². The Morgan fingerprint density at radius 2 is 1.89 bits per heavy atom. The van der Waals surface area contributed by atoms with Crippen LogP contribution in [0.1, 0.15) is 51.9 Å². The minimum atomic E-state index is 0.179. The van der Waals surface area contributed by atoms with Gasteiger partial charge in [0, 0.05) is 18.1 Å². The summed E-state index contributed by atoms with van der Waals surface area (Å²) in [6.07, 6.45) is 8.49. The van der Waals surface area contributed by atoms with E-state index in [0.717, 1.165) is 32.2 Å². The summed E-state index contributed by atoms with van der Waals surface area (Å²) >= 11 is 0. The molecule has 2 unspecified atom stereocenters. The molecule has 2 N–H and O–H groups in total. The molecule has 0 bridgehead atoms. The molecule has 0 radical (unpaired) electrons. The molecule has 110 valence electrons. The van der Waals surface area contributed by atoms with Gasteiger partial charge in [0.25, 0.3) is 0 Å². The van der Waals surface area contributed by atoms with Gasteiger partial charge < -0.3 is 15.5 Å². The van der Waals surface area contributed by atoms with Crippen LogP contribution in [0.15, 0.2) is 0 Å². The van der Waals surface area contributed by atoms with Crippen molar-refractivity contribution in [2.45, 2.75) is 70.0 Å². The van der Waals surface area contributed by atoms with Crippen LogP contribution in [0.3, 0.4) is 0 Å². The summed E-state index contributed by atoms with van der Waals surface area (Å²) in [5.74, 6) is 0.179. The highest BCUT2D eigenvalue weighted by atomic mass is 16.1. The van der Waals surface area contributed by atoms with Crippen molar-refractivity contribution in [2.24, 2.45) is 0 Å². The summed E-state index contributed by atoms with van der Waals surface area (Å²) in [7, 11) is 2.18. The molecule has 2 fully saturated rings. The highest BCUT2D eigenvalue weighted by molar-refractivity contribution is 5.78. The number of nitrogens with zero attached hydrogens (tertiary/aromatic N) is 1. The number of carbonyl (C=O) groups excluding carboxylic acids is 1. The van der Waals surface area contributed by atoms with Gasteiger partial charge in [0.2, 0.25) is 5.91 Å². The molecule has 0 aromatic heterocycles. The SMILES string of the molecule is CC1CC(NCC(=O)NC2CCCCC2)CCN1C. The highest BCUT2D eigenvalue weighted by Crippen LogP contribution is 2.17. The van der Waals surface area contributed by atoms with Gasteiger partial charge >= 0.3 is 0 Å². The van der Waals surface area contributed by atoms with Crippen molar-refractivity contribution in [3.63, 3.8) is 0 Å². The summed E-state index contributed by atoms with van der Waals surface area (Å²) < 4.78 is 0. The van der Waals surface area contributed by atoms with Gasteiger partial charge in [-0.15, -0.1) is 0 Å². The standard InChI is InChI=1S/C15H29N3O/c1-12-10-14(8-9-18(12)2)16-11-15(19)17-13-6-4-3-5-7-13/h12-14,16H,3-11H2,1-2H3,(H,17,19). The zero-order chi connectivity index (χ0) is 13.7. The van der Waals surface area contributed by atoms with Crippen LogP contribution < -0.4 is 10.6 Å². The topological polar surface area (TPSA) is 44.4 Å². The van der Waals surface area contributed by atoms with Gasteiger partial charge in [-0.2, -0.15) is 0 Å². The van der Waals surface area contributed by atoms with Crippen LogP contribution in [0.5, 0.6) is 0 Å². The molecule has 0 aromatic carbocycles. The van der Waals surface area contributed by atoms with Crippen LogP contribution in [0.2, 0.25) is 0 Å². The molecule has 1 aliphatic heterocycles. The predicted molar refractivity (Wildman–Crippen MR) is 78.1 cm³/mol. The van der Waals surface area contributed by atoms with Crippen LogP contribution in [-0.4, -0.2) is 49.1 Å². The number of amides is 1. The van der Waals surface area contributed by atoms with E-state index >= 15 is 0 Å². The third-order valence-corrected chi connectivity index (χ3v) is 4.73. The van der Waals surface area contributed by atoms with E-state index in [-0.39, 0.29) is 5.91 Å². The van der Waals surface area contributed by atoms with E-state index in [9.17, 15) is 4.79 Å². The van der Waals surface area contributed by atoms with Crippen molar-refractivity contribution < 1.29 is 4.79 Å². The van der Waals surface area contributed by atoms with E-state index in [1.165, 1.54) is 19.3 Å². The molecule has 19 heavy (non-hydrogen) atoms. The predicted octanol–water partition coefficient (Wildman–Crippen LogP) is 1.51. The fourth-order valence-corrected chi connectivity index (χ4v) is 3.24. The van der Waals surface area contributed by atoms with Crippen LogP contribution in [0.4, 0.5) is 0 Å². The third kappa shape index (κ3) is 4.77. The zero-order valence-electron chi connectivity index (χ0n) is 12.5. The smallest absolute Gasteiger partial charge is 0.234 e. The second-order valence-corrected chi connectivity index (χ2v) is 6.33. The molecule has 1 heterocycles. The van der Waals surface area contributed by atoms with Gasteiger partial charge in [0.1, 0.15) is 0 Å². The Balaban J connectivity index is 1.63. The Bertz CT molecular complexity index is 289. The number of carbonyl (C=O) groups is 1. The van der Waals surface area contributed by atoms with Gasteiger partial charge in [-0.3, -0.25) is 4.79 Å². The van der Waals surface area contributed by atoms with E-state index in [0.29, 0.717) is 24.7 Å². The van der Waals surface area contributed by atoms with E-state index in [1.54, 1.807) is 0 Å². The lowest BCUT2D eigenvalue weighted by atomic mass is 9.95. The van der Waals surface area contributed by atoms with Crippen molar-refractivity contribution in [3.05, 3.63) is 0 Å². The summed E-state index contributed by atoms with van der Waals surface area (Å²) in [6, 6.07) is 1.55. The number of hydrogen-bond acceptors (Lipinski definition) is 3. The lowest BCUT2D eigenvalue weighted by Crippen LogP contribution is -2.49. The highest BCUT2D eigenvalue weighted by Gasteiger charge is 2.23. The maximum Gasteiger partial charge on any atom is 0.234 e. The first-order chi connectivity index (χ1) is 9.15. The maximum atomic E-state index is 11.9. The van der Waals surface area contributed by atoms with Crippen LogP contribution >= 0.6 is 0 Å². The first kappa shape index (κ1) is 14.8. The third-order valence-electron chi connectivity index (χ3n) is 4.73. The fourth-order valence-electron chi connectivity index (χ4n) is 3.24. The minimum Gasteiger partial charge on any atom is -0.352 e. The molecule has 4 heteroatoms. The monoisotopic (exact) mass is 267 g/mol. The molecule has 0 aromatic rings. The minimum absolute atomic E-state index is 0.179. The Labute approximate surface area is 117 Å². The van der Waals surface area contributed by atoms with Crippen molar-refractivity contribution >= 4 is 5.91 Å². The molecular formula is C15H29N3O. The van der Waals surface area contributed by atoms with Crippen molar-refractivity contribution in [2.75, 3.05) is 20.1 Å². The molecule has 4 nitrogen and oxygen atoms in total. The van der Waals surface area contributed by atoms with Crippen LogP contribution in [0, 0.1) is 0 Å². The fraction of sp³-hybridized carbons (Fsp3) is 0.933. The summed E-state index contributed by atoms with van der Waals surface area (Å²) in [5, 5.41) is 6.59.